The molecule has 0 unspecified atom stereocenters. The lowest BCUT2D eigenvalue weighted by Gasteiger charge is -2.23. The molecule has 35 heavy (non-hydrogen) atoms. The monoisotopic (exact) mass is 490 g/mol. The van der Waals surface area contributed by atoms with Crippen molar-refractivity contribution < 1.29 is 22.7 Å². The van der Waals surface area contributed by atoms with Gasteiger partial charge in [-0.15, -0.1) is 0 Å². The van der Waals surface area contributed by atoms with E-state index in [1.807, 2.05) is 50.1 Å². The molecule has 3 aromatic carbocycles. The number of carbonyl (C=O) groups excluding carboxylic acids is 2. The zero-order valence-electron chi connectivity index (χ0n) is 19.7. The number of nitrogens with zero attached hydrogens (tertiary/aromatic N) is 1. The van der Waals surface area contributed by atoms with Crippen LogP contribution in [0.1, 0.15) is 29.8 Å². The van der Waals surface area contributed by atoms with Crippen molar-refractivity contribution in [2.75, 3.05) is 23.3 Å². The Labute approximate surface area is 205 Å². The van der Waals surface area contributed by atoms with Gasteiger partial charge in [-0.2, -0.15) is 0 Å². The predicted molar refractivity (Wildman–Crippen MR) is 135 cm³/mol. The molecule has 0 aliphatic carbocycles. The Morgan fingerprint density at radius 3 is 2.23 bits per heavy atom. The number of ketones is 1. The van der Waals surface area contributed by atoms with Crippen molar-refractivity contribution in [1.29, 1.82) is 0 Å². The van der Waals surface area contributed by atoms with Gasteiger partial charge in [-0.3, -0.25) is 9.52 Å². The van der Waals surface area contributed by atoms with E-state index in [1.54, 1.807) is 30.3 Å². The smallest absolute Gasteiger partial charge is 0.338 e. The fourth-order valence-corrected chi connectivity index (χ4v) is 5.22. The molecular formula is C27H26N2O5S. The number of anilines is 2. The van der Waals surface area contributed by atoms with E-state index in [2.05, 4.69) is 4.72 Å². The first kappa shape index (κ1) is 24.2. The highest BCUT2D eigenvalue weighted by Gasteiger charge is 2.38. The second kappa shape index (κ2) is 9.38. The number of sulfonamides is 1. The molecule has 0 bridgehead atoms. The van der Waals surface area contributed by atoms with Crippen molar-refractivity contribution >= 4 is 33.2 Å². The molecular weight excluding hydrogens is 464 g/mol. The third-order valence-corrected chi connectivity index (χ3v) is 7.41. The molecule has 8 heteroatoms. The number of carbonyl (C=O) groups is 2. The molecule has 3 aromatic rings. The maximum atomic E-state index is 12.6. The topological polar surface area (TPSA) is 92.8 Å². The average Bonchev–Trinajstić information content (AvgIpc) is 3.04. The number of fused-ring (bicyclic) bond motifs is 1. The van der Waals surface area contributed by atoms with Gasteiger partial charge in [0.05, 0.1) is 10.5 Å². The second-order valence-electron chi connectivity index (χ2n) is 8.77. The third-order valence-electron chi connectivity index (χ3n) is 6.01. The molecule has 0 radical (unpaired) electrons. The van der Waals surface area contributed by atoms with Gasteiger partial charge in [0.1, 0.15) is 0 Å². The summed E-state index contributed by atoms with van der Waals surface area (Å²) in [6, 6.07) is 21.8. The standard InChI is InChI=1S/C27H26N2O5S/c1-27(2)23-11-7-8-12-24(23)29(3)25(27)17-21(30)18-34-26(31)19-13-15-22(16-14-19)35(32,33)28-20-9-5-4-6-10-20/h4-17,28H,18H2,1-3H3. The molecule has 0 spiro atoms. The Morgan fingerprint density at radius 1 is 0.943 bits per heavy atom. The molecule has 1 aliphatic heterocycles. The maximum absolute atomic E-state index is 12.6. The van der Waals surface area contributed by atoms with Gasteiger partial charge in [0.15, 0.2) is 12.4 Å². The first-order valence-corrected chi connectivity index (χ1v) is 12.5. The highest BCUT2D eigenvalue weighted by Crippen LogP contribution is 2.46. The number of para-hydroxylation sites is 2. The van der Waals surface area contributed by atoms with Crippen molar-refractivity contribution in [3.05, 3.63) is 102 Å². The van der Waals surface area contributed by atoms with Gasteiger partial charge < -0.3 is 9.64 Å². The molecule has 0 fully saturated rings. The Bertz CT molecular complexity index is 1390. The van der Waals surface area contributed by atoms with Crippen LogP contribution in [0.3, 0.4) is 0 Å². The van der Waals surface area contributed by atoms with Crippen molar-refractivity contribution in [1.82, 2.24) is 0 Å². The van der Waals surface area contributed by atoms with Crippen LogP contribution in [-0.4, -0.2) is 33.8 Å². The van der Waals surface area contributed by atoms with E-state index in [4.69, 9.17) is 4.74 Å². The summed E-state index contributed by atoms with van der Waals surface area (Å²) in [5.74, 6) is -1.05. The molecule has 7 nitrogen and oxygen atoms in total. The summed E-state index contributed by atoms with van der Waals surface area (Å²) in [6.07, 6.45) is 1.51. The number of hydrogen-bond donors (Lipinski definition) is 1. The summed E-state index contributed by atoms with van der Waals surface area (Å²) >= 11 is 0. The van der Waals surface area contributed by atoms with Gasteiger partial charge in [-0.25, -0.2) is 13.2 Å². The van der Waals surface area contributed by atoms with Crippen LogP contribution < -0.4 is 9.62 Å². The summed E-state index contributed by atoms with van der Waals surface area (Å²) in [7, 11) is -1.90. The van der Waals surface area contributed by atoms with E-state index in [0.29, 0.717) is 5.69 Å². The number of allylic oxidation sites excluding steroid dienone is 1. The maximum Gasteiger partial charge on any atom is 0.338 e. The van der Waals surface area contributed by atoms with E-state index >= 15 is 0 Å². The quantitative estimate of drug-likeness (QED) is 0.387. The Balaban J connectivity index is 1.40. The Morgan fingerprint density at radius 2 is 1.57 bits per heavy atom. The normalized spacial score (nSPS) is 15.5. The van der Waals surface area contributed by atoms with E-state index in [-0.39, 0.29) is 21.7 Å². The van der Waals surface area contributed by atoms with Crippen LogP contribution in [0.5, 0.6) is 0 Å². The summed E-state index contributed by atoms with van der Waals surface area (Å²) < 4.78 is 32.7. The van der Waals surface area contributed by atoms with Crippen molar-refractivity contribution in [3.63, 3.8) is 0 Å². The molecule has 0 amide bonds. The van der Waals surface area contributed by atoms with Gasteiger partial charge >= 0.3 is 5.97 Å². The Hall–Kier alpha value is -3.91. The minimum Gasteiger partial charge on any atom is -0.454 e. The summed E-state index contributed by atoms with van der Waals surface area (Å²) in [5.41, 5.74) is 3.19. The minimum absolute atomic E-state index is 0.00443. The van der Waals surface area contributed by atoms with Crippen LogP contribution in [0.4, 0.5) is 11.4 Å². The number of rotatable bonds is 7. The SMILES string of the molecule is CN1C(=CC(=O)COC(=O)c2ccc(S(=O)(=O)Nc3ccccc3)cc2)C(C)(C)c2ccccc21. The summed E-state index contributed by atoms with van der Waals surface area (Å²) in [5, 5.41) is 0. The van der Waals surface area contributed by atoms with E-state index < -0.39 is 22.6 Å². The van der Waals surface area contributed by atoms with Gasteiger partial charge in [0.25, 0.3) is 10.0 Å². The summed E-state index contributed by atoms with van der Waals surface area (Å²) in [4.78, 5) is 27.0. The number of likely N-dealkylation sites (N-methyl/N-ethyl adjacent to an activating group) is 1. The van der Waals surface area contributed by atoms with E-state index in [0.717, 1.165) is 16.9 Å². The van der Waals surface area contributed by atoms with Crippen molar-refractivity contribution in [3.8, 4) is 0 Å². The summed E-state index contributed by atoms with van der Waals surface area (Å²) in [6.45, 7) is 3.67. The highest BCUT2D eigenvalue weighted by atomic mass is 32.2. The van der Waals surface area contributed by atoms with Gasteiger partial charge in [0.2, 0.25) is 0 Å². The van der Waals surface area contributed by atoms with Crippen LogP contribution in [-0.2, 0) is 25.0 Å². The van der Waals surface area contributed by atoms with Crippen LogP contribution in [0.2, 0.25) is 0 Å². The molecule has 1 heterocycles. The fraction of sp³-hybridized carbons (Fsp3) is 0.185. The first-order chi connectivity index (χ1) is 16.6. The molecule has 1 aliphatic rings. The molecule has 4 rings (SSSR count). The zero-order valence-corrected chi connectivity index (χ0v) is 20.5. The molecule has 180 valence electrons. The number of benzene rings is 3. The predicted octanol–water partition coefficient (Wildman–Crippen LogP) is 4.52. The van der Waals surface area contributed by atoms with Gasteiger partial charge in [-0.05, 0) is 48.0 Å². The van der Waals surface area contributed by atoms with Crippen LogP contribution in [0.25, 0.3) is 0 Å². The lowest BCUT2D eigenvalue weighted by Crippen LogP contribution is -2.25. The van der Waals surface area contributed by atoms with E-state index in [9.17, 15) is 18.0 Å². The molecule has 0 aromatic heterocycles. The average molecular weight is 491 g/mol. The molecule has 0 saturated carbocycles. The lowest BCUT2D eigenvalue weighted by molar-refractivity contribution is -0.117. The number of esters is 1. The van der Waals surface area contributed by atoms with Crippen LogP contribution in [0.15, 0.2) is 95.5 Å². The number of ether oxygens (including phenoxy) is 1. The molecule has 0 saturated heterocycles. The first-order valence-electron chi connectivity index (χ1n) is 11.0. The largest absolute Gasteiger partial charge is 0.454 e. The fourth-order valence-electron chi connectivity index (χ4n) is 4.16. The van der Waals surface area contributed by atoms with Crippen LogP contribution in [0, 0.1) is 0 Å². The minimum atomic E-state index is -3.80. The third kappa shape index (κ3) is 4.97. The van der Waals surface area contributed by atoms with Crippen LogP contribution >= 0.6 is 0 Å². The lowest BCUT2D eigenvalue weighted by atomic mass is 9.83. The van der Waals surface area contributed by atoms with Gasteiger partial charge in [0, 0.05) is 35.6 Å². The Kier molecular flexibility index (Phi) is 6.49. The van der Waals surface area contributed by atoms with Gasteiger partial charge in [-0.1, -0.05) is 50.2 Å². The number of hydrogen-bond acceptors (Lipinski definition) is 6. The van der Waals surface area contributed by atoms with Crippen molar-refractivity contribution in [2.45, 2.75) is 24.2 Å². The molecule has 0 atom stereocenters. The number of nitrogens with one attached hydrogen (secondary N) is 1. The zero-order chi connectivity index (χ0) is 25.2. The van der Waals surface area contributed by atoms with Crippen molar-refractivity contribution in [2.24, 2.45) is 0 Å². The molecule has 1 N–H and O–H groups in total. The highest BCUT2D eigenvalue weighted by molar-refractivity contribution is 7.92. The van der Waals surface area contributed by atoms with E-state index in [1.165, 1.54) is 30.3 Å². The second-order valence-corrected chi connectivity index (χ2v) is 10.5.